The maximum absolute atomic E-state index is 12.0. The minimum atomic E-state index is -0.535. The predicted octanol–water partition coefficient (Wildman–Crippen LogP) is 2.77. The lowest BCUT2D eigenvalue weighted by molar-refractivity contribution is -0.128. The molecule has 1 saturated carbocycles. The highest BCUT2D eigenvalue weighted by molar-refractivity contribution is 9.10. The van der Waals surface area contributed by atoms with Crippen LogP contribution < -0.4 is 10.1 Å². The number of halogens is 1. The number of amides is 1. The van der Waals surface area contributed by atoms with E-state index in [-0.39, 0.29) is 12.5 Å². The number of carbonyl (C=O) groups excluding carboxylic acids is 1. The Bertz CT molecular complexity index is 472. The van der Waals surface area contributed by atoms with Gasteiger partial charge in [0.2, 0.25) is 0 Å². The summed E-state index contributed by atoms with van der Waals surface area (Å²) in [5, 5.41) is 12.1. The van der Waals surface area contributed by atoms with Crippen molar-refractivity contribution < 1.29 is 14.6 Å². The first-order chi connectivity index (χ1) is 9.60. The van der Waals surface area contributed by atoms with Crippen LogP contribution in [0.15, 0.2) is 22.7 Å². The molecule has 0 aromatic heterocycles. The summed E-state index contributed by atoms with van der Waals surface area (Å²) in [5.74, 6) is 0.534. The second-order valence-electron chi connectivity index (χ2n) is 5.17. The fraction of sp³-hybridized carbons (Fsp3) is 0.533. The van der Waals surface area contributed by atoms with Gasteiger partial charge < -0.3 is 15.2 Å². The first kappa shape index (κ1) is 15.3. The van der Waals surface area contributed by atoms with Crippen LogP contribution in [0.4, 0.5) is 0 Å². The molecule has 1 aromatic carbocycles. The molecule has 0 bridgehead atoms. The van der Waals surface area contributed by atoms with Crippen LogP contribution in [0.3, 0.4) is 0 Å². The molecular weight excluding hydrogens is 322 g/mol. The second-order valence-corrected chi connectivity index (χ2v) is 6.03. The molecule has 4 nitrogen and oxygen atoms in total. The lowest BCUT2D eigenvalue weighted by Crippen LogP contribution is -2.41. The molecular formula is C15H20BrNO3. The number of ether oxygens (including phenoxy) is 1. The number of aliphatic hydroxyl groups is 1. The normalized spacial score (nSPS) is 16.9. The summed E-state index contributed by atoms with van der Waals surface area (Å²) in [4.78, 5) is 12.0. The van der Waals surface area contributed by atoms with Gasteiger partial charge in [0.25, 0.3) is 5.91 Å². The first-order valence-electron chi connectivity index (χ1n) is 6.96. The SMILES string of the molecule is CC(Oc1ccc(CO)cc1Br)C(=O)NC1CCCC1. The number of nitrogens with one attached hydrogen (secondary N) is 1. The van der Waals surface area contributed by atoms with Crippen molar-refractivity contribution >= 4 is 21.8 Å². The van der Waals surface area contributed by atoms with Gasteiger partial charge in [-0.15, -0.1) is 0 Å². The Hall–Kier alpha value is -1.07. The van der Waals surface area contributed by atoms with Crippen LogP contribution in [0.25, 0.3) is 0 Å². The Labute approximate surface area is 127 Å². The predicted molar refractivity (Wildman–Crippen MR) is 80.6 cm³/mol. The summed E-state index contributed by atoms with van der Waals surface area (Å²) >= 11 is 3.39. The standard InChI is InChI=1S/C15H20BrNO3/c1-10(15(19)17-12-4-2-3-5-12)20-14-7-6-11(9-18)8-13(14)16/h6-8,10,12,18H,2-5,9H2,1H3,(H,17,19). The molecule has 0 aliphatic heterocycles. The van der Waals surface area contributed by atoms with Gasteiger partial charge in [-0.1, -0.05) is 18.9 Å². The minimum absolute atomic E-state index is 0.0173. The van der Waals surface area contributed by atoms with Gasteiger partial charge in [0, 0.05) is 6.04 Å². The summed E-state index contributed by atoms with van der Waals surface area (Å²) < 4.78 is 6.42. The molecule has 0 saturated heterocycles. The van der Waals surface area contributed by atoms with Crippen LogP contribution in [0.2, 0.25) is 0 Å². The zero-order chi connectivity index (χ0) is 14.5. The third kappa shape index (κ3) is 3.96. The largest absolute Gasteiger partial charge is 0.480 e. The highest BCUT2D eigenvalue weighted by Gasteiger charge is 2.22. The maximum Gasteiger partial charge on any atom is 0.260 e. The van der Waals surface area contributed by atoms with Gasteiger partial charge >= 0.3 is 0 Å². The maximum atomic E-state index is 12.0. The topological polar surface area (TPSA) is 58.6 Å². The minimum Gasteiger partial charge on any atom is -0.480 e. The molecule has 1 fully saturated rings. The van der Waals surface area contributed by atoms with Gasteiger partial charge in [0.05, 0.1) is 11.1 Å². The number of aliphatic hydroxyl groups excluding tert-OH is 1. The molecule has 1 aromatic rings. The highest BCUT2D eigenvalue weighted by Crippen LogP contribution is 2.27. The van der Waals surface area contributed by atoms with Crippen LogP contribution in [-0.2, 0) is 11.4 Å². The van der Waals surface area contributed by atoms with E-state index in [9.17, 15) is 4.79 Å². The van der Waals surface area contributed by atoms with Crippen molar-refractivity contribution in [2.24, 2.45) is 0 Å². The molecule has 1 amide bonds. The average Bonchev–Trinajstić information content (AvgIpc) is 2.93. The molecule has 0 heterocycles. The van der Waals surface area contributed by atoms with Gasteiger partial charge in [-0.05, 0) is 53.4 Å². The Balaban J connectivity index is 1.92. The molecule has 1 aliphatic carbocycles. The Morgan fingerprint density at radius 2 is 2.20 bits per heavy atom. The number of rotatable bonds is 5. The van der Waals surface area contributed by atoms with Gasteiger partial charge in [-0.25, -0.2) is 0 Å². The number of carbonyl (C=O) groups is 1. The zero-order valence-corrected chi connectivity index (χ0v) is 13.1. The smallest absolute Gasteiger partial charge is 0.260 e. The summed E-state index contributed by atoms with van der Waals surface area (Å²) in [6.45, 7) is 1.73. The molecule has 2 N–H and O–H groups in total. The molecule has 1 aliphatic rings. The van der Waals surface area contributed by atoms with Crippen molar-refractivity contribution in [3.8, 4) is 5.75 Å². The van der Waals surface area contributed by atoms with Crippen molar-refractivity contribution in [2.75, 3.05) is 0 Å². The van der Waals surface area contributed by atoms with E-state index in [0.717, 1.165) is 22.9 Å². The van der Waals surface area contributed by atoms with Crippen molar-refractivity contribution in [1.82, 2.24) is 5.32 Å². The molecule has 1 unspecified atom stereocenters. The summed E-state index contributed by atoms with van der Waals surface area (Å²) in [5.41, 5.74) is 0.798. The van der Waals surface area contributed by atoms with Crippen molar-refractivity contribution in [1.29, 1.82) is 0 Å². The highest BCUT2D eigenvalue weighted by atomic mass is 79.9. The van der Waals surface area contributed by atoms with E-state index in [0.29, 0.717) is 11.8 Å². The van der Waals surface area contributed by atoms with Crippen molar-refractivity contribution in [3.63, 3.8) is 0 Å². The third-order valence-corrected chi connectivity index (χ3v) is 4.17. The Kier molecular flexibility index (Phi) is 5.43. The monoisotopic (exact) mass is 341 g/mol. The van der Waals surface area contributed by atoms with Crippen LogP contribution in [0, 0.1) is 0 Å². The summed E-state index contributed by atoms with van der Waals surface area (Å²) in [6.07, 6.45) is 3.97. The van der Waals surface area contributed by atoms with Crippen LogP contribution >= 0.6 is 15.9 Å². The fourth-order valence-corrected chi connectivity index (χ4v) is 2.89. The van der Waals surface area contributed by atoms with E-state index >= 15 is 0 Å². The van der Waals surface area contributed by atoms with Crippen molar-refractivity contribution in [3.05, 3.63) is 28.2 Å². The van der Waals surface area contributed by atoms with E-state index in [1.807, 2.05) is 0 Å². The molecule has 0 radical (unpaired) electrons. The summed E-state index contributed by atoms with van der Waals surface area (Å²) in [7, 11) is 0. The number of hydrogen-bond acceptors (Lipinski definition) is 3. The van der Waals surface area contributed by atoms with Gasteiger partial charge in [-0.3, -0.25) is 4.79 Å². The van der Waals surface area contributed by atoms with E-state index in [2.05, 4.69) is 21.2 Å². The first-order valence-corrected chi connectivity index (χ1v) is 7.75. The van der Waals surface area contributed by atoms with Crippen LogP contribution in [0.1, 0.15) is 38.2 Å². The molecule has 5 heteroatoms. The number of hydrogen-bond donors (Lipinski definition) is 2. The lowest BCUT2D eigenvalue weighted by Gasteiger charge is -2.18. The van der Waals surface area contributed by atoms with E-state index in [4.69, 9.17) is 9.84 Å². The average molecular weight is 342 g/mol. The quantitative estimate of drug-likeness (QED) is 0.865. The molecule has 110 valence electrons. The van der Waals surface area contributed by atoms with Gasteiger partial charge in [0.1, 0.15) is 5.75 Å². The van der Waals surface area contributed by atoms with Gasteiger partial charge in [0.15, 0.2) is 6.10 Å². The number of benzene rings is 1. The summed E-state index contributed by atoms with van der Waals surface area (Å²) in [6, 6.07) is 5.63. The van der Waals surface area contributed by atoms with E-state index in [1.165, 1.54) is 12.8 Å². The molecule has 0 spiro atoms. The zero-order valence-electron chi connectivity index (χ0n) is 11.6. The second kappa shape index (κ2) is 7.09. The molecule has 2 rings (SSSR count). The van der Waals surface area contributed by atoms with E-state index in [1.54, 1.807) is 25.1 Å². The fourth-order valence-electron chi connectivity index (χ4n) is 2.37. The molecule has 1 atom stereocenters. The van der Waals surface area contributed by atoms with Crippen molar-refractivity contribution in [2.45, 2.75) is 51.4 Å². The third-order valence-electron chi connectivity index (χ3n) is 3.55. The van der Waals surface area contributed by atoms with Gasteiger partial charge in [-0.2, -0.15) is 0 Å². The van der Waals surface area contributed by atoms with Crippen LogP contribution in [-0.4, -0.2) is 23.2 Å². The Morgan fingerprint density at radius 1 is 1.50 bits per heavy atom. The van der Waals surface area contributed by atoms with E-state index < -0.39 is 6.10 Å². The van der Waals surface area contributed by atoms with Crippen LogP contribution in [0.5, 0.6) is 5.75 Å². The lowest BCUT2D eigenvalue weighted by atomic mass is 10.2. The molecule has 20 heavy (non-hydrogen) atoms. The Morgan fingerprint density at radius 3 is 2.80 bits per heavy atom.